The Balaban J connectivity index is 1.66. The number of hydrogen-bond acceptors (Lipinski definition) is 4. The molecule has 9 heteroatoms. The van der Waals surface area contributed by atoms with Gasteiger partial charge in [-0.2, -0.15) is 0 Å². The Hall–Kier alpha value is -3.23. The molecule has 0 aromatic carbocycles. The Bertz CT molecular complexity index is 1310. The van der Waals surface area contributed by atoms with E-state index < -0.39 is 40.8 Å². The monoisotopic (exact) mass is 442 g/mol. The zero-order valence-corrected chi connectivity index (χ0v) is 17.2. The smallest absolute Gasteiger partial charge is 0.268 e. The van der Waals surface area contributed by atoms with Crippen molar-refractivity contribution in [1.29, 1.82) is 0 Å². The number of aryl methyl sites for hydroxylation is 1. The van der Waals surface area contributed by atoms with Gasteiger partial charge in [0.1, 0.15) is 11.5 Å². The predicted octanol–water partition coefficient (Wildman–Crippen LogP) is 3.80. The molecule has 3 aromatic rings. The summed E-state index contributed by atoms with van der Waals surface area (Å²) >= 11 is 0. The van der Waals surface area contributed by atoms with Gasteiger partial charge in [0.25, 0.3) is 11.8 Å². The Morgan fingerprint density at radius 3 is 2.78 bits per heavy atom. The molecule has 0 aliphatic heterocycles. The van der Waals surface area contributed by atoms with Crippen LogP contribution in [0.1, 0.15) is 58.7 Å². The fourth-order valence-corrected chi connectivity index (χ4v) is 5.66. The second-order valence-electron chi connectivity index (χ2n) is 8.78. The van der Waals surface area contributed by atoms with Gasteiger partial charge < -0.3 is 10.7 Å². The first-order valence-corrected chi connectivity index (χ1v) is 10.5. The van der Waals surface area contributed by atoms with Gasteiger partial charge in [0.2, 0.25) is 0 Å². The molecule has 0 bridgehead atoms. The first-order chi connectivity index (χ1) is 15.2. The number of nitrogens with zero attached hydrogens (tertiary/aromatic N) is 2. The van der Waals surface area contributed by atoms with E-state index in [0.29, 0.717) is 23.3 Å². The number of fused-ring (bicyclic) bond motifs is 2. The molecular formula is C23H21F3N4O2. The van der Waals surface area contributed by atoms with E-state index in [2.05, 4.69) is 15.0 Å². The minimum Gasteiger partial charge on any atom is -0.364 e. The number of amides is 1. The van der Waals surface area contributed by atoms with Gasteiger partial charge in [0.05, 0.1) is 16.6 Å². The minimum absolute atomic E-state index is 0.0690. The van der Waals surface area contributed by atoms with E-state index in [-0.39, 0.29) is 35.5 Å². The number of primary amides is 1. The van der Waals surface area contributed by atoms with Gasteiger partial charge in [-0.05, 0) is 43.9 Å². The second-order valence-corrected chi connectivity index (χ2v) is 8.78. The SMILES string of the molecule is Cc1nc([C@H]2C(c3cc(=O)c4c(C(N)=O)nccc4[nH]3)CC3C2CCC3(F)F)ccc1F. The van der Waals surface area contributed by atoms with E-state index in [1.165, 1.54) is 18.3 Å². The molecule has 2 saturated carbocycles. The topological polar surface area (TPSA) is 102 Å². The second kappa shape index (κ2) is 7.15. The molecule has 2 aliphatic rings. The van der Waals surface area contributed by atoms with Crippen molar-refractivity contribution in [3.8, 4) is 0 Å². The lowest BCUT2D eigenvalue weighted by Crippen LogP contribution is -2.23. The largest absolute Gasteiger partial charge is 0.364 e. The lowest BCUT2D eigenvalue weighted by atomic mass is 9.82. The van der Waals surface area contributed by atoms with Crippen LogP contribution in [-0.2, 0) is 0 Å². The number of nitrogens with two attached hydrogens (primary N) is 1. The molecule has 2 fully saturated rings. The molecule has 3 N–H and O–H groups in total. The zero-order chi connectivity index (χ0) is 22.8. The summed E-state index contributed by atoms with van der Waals surface area (Å²) in [5.74, 6) is -6.08. The molecule has 4 atom stereocenters. The van der Waals surface area contributed by atoms with Crippen LogP contribution in [0.25, 0.3) is 10.9 Å². The summed E-state index contributed by atoms with van der Waals surface area (Å²) in [6.45, 7) is 1.54. The van der Waals surface area contributed by atoms with E-state index in [4.69, 9.17) is 5.73 Å². The van der Waals surface area contributed by atoms with Crippen molar-refractivity contribution in [2.45, 2.75) is 43.9 Å². The number of rotatable bonds is 3. The van der Waals surface area contributed by atoms with Crippen LogP contribution in [0, 0.1) is 24.6 Å². The number of halogens is 3. The summed E-state index contributed by atoms with van der Waals surface area (Å²) < 4.78 is 43.2. The van der Waals surface area contributed by atoms with Gasteiger partial charge in [0, 0.05) is 47.8 Å². The van der Waals surface area contributed by atoms with Crippen molar-refractivity contribution in [2.75, 3.05) is 0 Å². The maximum Gasteiger partial charge on any atom is 0.268 e. The quantitative estimate of drug-likeness (QED) is 0.644. The van der Waals surface area contributed by atoms with Crippen LogP contribution in [-0.4, -0.2) is 26.8 Å². The van der Waals surface area contributed by atoms with Crippen LogP contribution in [0.5, 0.6) is 0 Å². The van der Waals surface area contributed by atoms with Gasteiger partial charge in [-0.25, -0.2) is 13.2 Å². The third-order valence-electron chi connectivity index (χ3n) is 7.05. The first kappa shape index (κ1) is 20.7. The van der Waals surface area contributed by atoms with Gasteiger partial charge in [0.15, 0.2) is 5.43 Å². The Kier molecular flexibility index (Phi) is 4.61. The maximum atomic E-state index is 14.7. The van der Waals surface area contributed by atoms with Crippen molar-refractivity contribution >= 4 is 16.8 Å². The molecule has 166 valence electrons. The fourth-order valence-electron chi connectivity index (χ4n) is 5.66. The molecule has 2 aliphatic carbocycles. The molecule has 0 radical (unpaired) electrons. The molecule has 1 amide bonds. The van der Waals surface area contributed by atoms with Crippen LogP contribution in [0.4, 0.5) is 13.2 Å². The third kappa shape index (κ3) is 3.10. The zero-order valence-electron chi connectivity index (χ0n) is 17.2. The van der Waals surface area contributed by atoms with Crippen molar-refractivity contribution in [3.63, 3.8) is 0 Å². The summed E-state index contributed by atoms with van der Waals surface area (Å²) in [6.07, 6.45) is 1.69. The van der Waals surface area contributed by atoms with Gasteiger partial charge in [-0.15, -0.1) is 0 Å². The minimum atomic E-state index is -2.80. The van der Waals surface area contributed by atoms with E-state index in [9.17, 15) is 22.8 Å². The highest BCUT2D eigenvalue weighted by molar-refractivity contribution is 6.03. The van der Waals surface area contributed by atoms with E-state index >= 15 is 0 Å². The molecule has 6 nitrogen and oxygen atoms in total. The summed E-state index contributed by atoms with van der Waals surface area (Å²) in [6, 6.07) is 5.74. The lowest BCUT2D eigenvalue weighted by molar-refractivity contribution is -0.0415. The van der Waals surface area contributed by atoms with Crippen molar-refractivity contribution in [3.05, 3.63) is 69.3 Å². The number of nitrogens with one attached hydrogen (secondary N) is 1. The Labute approximate surface area is 181 Å². The average Bonchev–Trinajstić information content (AvgIpc) is 3.27. The fraction of sp³-hybridized carbons (Fsp3) is 0.391. The van der Waals surface area contributed by atoms with Gasteiger partial charge in [-0.3, -0.25) is 19.6 Å². The summed E-state index contributed by atoms with van der Waals surface area (Å²) in [5.41, 5.74) is 6.36. The van der Waals surface area contributed by atoms with Crippen LogP contribution in [0.3, 0.4) is 0 Å². The number of aromatic nitrogens is 3. The molecule has 0 saturated heterocycles. The van der Waals surface area contributed by atoms with Crippen molar-refractivity contribution < 1.29 is 18.0 Å². The number of carbonyl (C=O) groups is 1. The molecule has 5 rings (SSSR count). The number of pyridine rings is 3. The van der Waals surface area contributed by atoms with Crippen molar-refractivity contribution in [2.24, 2.45) is 17.6 Å². The number of H-pyrrole nitrogens is 1. The highest BCUT2D eigenvalue weighted by Gasteiger charge is 2.59. The van der Waals surface area contributed by atoms with Crippen LogP contribution >= 0.6 is 0 Å². The molecule has 3 aromatic heterocycles. The summed E-state index contributed by atoms with van der Waals surface area (Å²) in [7, 11) is 0. The third-order valence-corrected chi connectivity index (χ3v) is 7.05. The molecule has 32 heavy (non-hydrogen) atoms. The normalized spacial score (nSPS) is 26.4. The first-order valence-electron chi connectivity index (χ1n) is 10.5. The van der Waals surface area contributed by atoms with E-state index in [0.717, 1.165) is 0 Å². The molecule has 0 spiro atoms. The number of carbonyl (C=O) groups excluding carboxylic acids is 1. The van der Waals surface area contributed by atoms with Crippen LogP contribution in [0.2, 0.25) is 0 Å². The number of aromatic amines is 1. The number of hydrogen-bond donors (Lipinski definition) is 2. The highest BCUT2D eigenvalue weighted by atomic mass is 19.3. The highest BCUT2D eigenvalue weighted by Crippen LogP contribution is 2.62. The van der Waals surface area contributed by atoms with E-state index in [1.807, 2.05) is 0 Å². The lowest BCUT2D eigenvalue weighted by Gasteiger charge is -2.24. The van der Waals surface area contributed by atoms with Crippen molar-refractivity contribution in [1.82, 2.24) is 15.0 Å². The van der Waals surface area contributed by atoms with Gasteiger partial charge >= 0.3 is 0 Å². The maximum absolute atomic E-state index is 14.7. The Morgan fingerprint density at radius 1 is 1.28 bits per heavy atom. The average molecular weight is 442 g/mol. The standard InChI is InChI=1S/C23H21F3N4O2/c1-10-14(24)2-3-15(29-10)19-11-4-6-23(25,26)13(11)8-12(19)17-9-18(31)20-16(30-17)5-7-28-21(20)22(27)32/h2-3,5,7,9,11-13,19H,4,6,8H2,1H3,(H2,27,32)(H,30,31)/t11?,12?,13?,19-/m1/s1. The van der Waals surface area contributed by atoms with Crippen LogP contribution in [0.15, 0.2) is 35.3 Å². The molecule has 3 unspecified atom stereocenters. The summed E-state index contributed by atoms with van der Waals surface area (Å²) in [4.78, 5) is 36.0. The number of alkyl halides is 2. The molecular weight excluding hydrogens is 421 g/mol. The van der Waals surface area contributed by atoms with Gasteiger partial charge in [-0.1, -0.05) is 0 Å². The summed E-state index contributed by atoms with van der Waals surface area (Å²) in [5, 5.41) is 0.0690. The van der Waals surface area contributed by atoms with Crippen LogP contribution < -0.4 is 11.2 Å². The van der Waals surface area contributed by atoms with E-state index in [1.54, 1.807) is 19.1 Å². The Morgan fingerprint density at radius 2 is 2.06 bits per heavy atom. The predicted molar refractivity (Wildman–Crippen MR) is 111 cm³/mol. The molecule has 3 heterocycles.